The zero-order chi connectivity index (χ0) is 14.6. The second-order valence-corrected chi connectivity index (χ2v) is 6.65. The number of hydrogen-bond acceptors (Lipinski definition) is 1. The molecule has 0 aliphatic rings. The van der Waals surface area contributed by atoms with Gasteiger partial charge in [-0.25, -0.2) is 0 Å². The van der Waals surface area contributed by atoms with Crippen molar-refractivity contribution in [1.29, 1.82) is 0 Å². The lowest BCUT2D eigenvalue weighted by atomic mass is 10.1. The van der Waals surface area contributed by atoms with Crippen LogP contribution in [0.15, 0.2) is 30.5 Å². The summed E-state index contributed by atoms with van der Waals surface area (Å²) in [5.74, 6) is 0. The van der Waals surface area contributed by atoms with Crippen LogP contribution in [-0.2, 0) is 13.0 Å². The number of rotatable bonds is 6. The molecule has 0 spiro atoms. The molecule has 0 radical (unpaired) electrons. The molecular weight excluding hydrogens is 244 g/mol. The summed E-state index contributed by atoms with van der Waals surface area (Å²) in [5, 5.41) is 4.99. The maximum atomic E-state index is 3.57. The molecule has 0 saturated carbocycles. The first-order valence-electron chi connectivity index (χ1n) is 7.83. The van der Waals surface area contributed by atoms with Gasteiger partial charge in [0.1, 0.15) is 0 Å². The van der Waals surface area contributed by atoms with Gasteiger partial charge in [-0.05, 0) is 58.2 Å². The molecule has 0 bridgehead atoms. The molecule has 0 saturated heterocycles. The van der Waals surface area contributed by atoms with Crippen LogP contribution in [0.3, 0.4) is 0 Å². The Morgan fingerprint density at radius 2 is 1.90 bits per heavy atom. The lowest BCUT2D eigenvalue weighted by Gasteiger charge is -2.20. The summed E-state index contributed by atoms with van der Waals surface area (Å²) in [7, 11) is 0. The Labute approximate surface area is 123 Å². The molecular formula is C18H28N2. The fourth-order valence-corrected chi connectivity index (χ4v) is 2.69. The molecule has 2 heteroatoms. The highest BCUT2D eigenvalue weighted by Gasteiger charge is 2.09. The van der Waals surface area contributed by atoms with E-state index in [4.69, 9.17) is 0 Å². The Morgan fingerprint density at radius 3 is 2.60 bits per heavy atom. The Kier molecular flexibility index (Phi) is 4.87. The highest BCUT2D eigenvalue weighted by atomic mass is 15.0. The predicted molar refractivity (Wildman–Crippen MR) is 88.3 cm³/mol. The van der Waals surface area contributed by atoms with Gasteiger partial charge < -0.3 is 9.88 Å². The third-order valence-corrected chi connectivity index (χ3v) is 3.61. The van der Waals surface area contributed by atoms with Gasteiger partial charge in [0, 0.05) is 29.2 Å². The van der Waals surface area contributed by atoms with E-state index in [1.807, 2.05) is 0 Å². The number of para-hydroxylation sites is 1. The van der Waals surface area contributed by atoms with Gasteiger partial charge in [-0.3, -0.25) is 0 Å². The lowest BCUT2D eigenvalue weighted by Crippen LogP contribution is -2.36. The van der Waals surface area contributed by atoms with E-state index in [0.29, 0.717) is 0 Å². The highest BCUT2D eigenvalue weighted by Crippen LogP contribution is 2.22. The van der Waals surface area contributed by atoms with Crippen molar-refractivity contribution in [2.24, 2.45) is 0 Å². The number of aryl methyl sites for hydroxylation is 2. The van der Waals surface area contributed by atoms with E-state index in [1.54, 1.807) is 0 Å². The number of hydrogen-bond donors (Lipinski definition) is 1. The zero-order valence-corrected chi connectivity index (χ0v) is 13.4. The summed E-state index contributed by atoms with van der Waals surface area (Å²) >= 11 is 0. The Hall–Kier alpha value is -1.28. The van der Waals surface area contributed by atoms with Crippen molar-refractivity contribution < 1.29 is 0 Å². The normalized spacial score (nSPS) is 12.2. The van der Waals surface area contributed by atoms with Crippen molar-refractivity contribution in [3.8, 4) is 0 Å². The quantitative estimate of drug-likeness (QED) is 0.773. The van der Waals surface area contributed by atoms with Gasteiger partial charge in [0.15, 0.2) is 0 Å². The third-order valence-electron chi connectivity index (χ3n) is 3.61. The molecule has 1 aromatic carbocycles. The van der Waals surface area contributed by atoms with Crippen molar-refractivity contribution in [3.63, 3.8) is 0 Å². The van der Waals surface area contributed by atoms with Crippen LogP contribution in [0.2, 0.25) is 0 Å². The van der Waals surface area contributed by atoms with E-state index in [9.17, 15) is 0 Å². The van der Waals surface area contributed by atoms with Gasteiger partial charge in [0.25, 0.3) is 0 Å². The Balaban J connectivity index is 2.06. The van der Waals surface area contributed by atoms with Crippen LogP contribution in [0.25, 0.3) is 10.9 Å². The number of aromatic nitrogens is 1. The first-order chi connectivity index (χ1) is 9.51. The second kappa shape index (κ2) is 6.45. The predicted octanol–water partition coefficient (Wildman–Crippen LogP) is 4.37. The van der Waals surface area contributed by atoms with Gasteiger partial charge in [-0.15, -0.1) is 0 Å². The van der Waals surface area contributed by atoms with Crippen LogP contribution < -0.4 is 5.32 Å². The molecule has 0 amide bonds. The monoisotopic (exact) mass is 272 g/mol. The summed E-state index contributed by atoms with van der Waals surface area (Å²) in [6.45, 7) is 11.1. The van der Waals surface area contributed by atoms with Crippen LogP contribution >= 0.6 is 0 Å². The zero-order valence-electron chi connectivity index (χ0n) is 13.4. The molecule has 2 aromatic rings. The minimum absolute atomic E-state index is 0.218. The fraction of sp³-hybridized carbons (Fsp3) is 0.556. The third kappa shape index (κ3) is 3.86. The number of fused-ring (bicyclic) bond motifs is 1. The smallest absolute Gasteiger partial charge is 0.0483 e. The topological polar surface area (TPSA) is 17.0 Å². The van der Waals surface area contributed by atoms with E-state index in [2.05, 4.69) is 68.0 Å². The van der Waals surface area contributed by atoms with Crippen LogP contribution in [0.4, 0.5) is 0 Å². The number of nitrogens with zero attached hydrogens (tertiary/aromatic N) is 1. The number of nitrogens with one attached hydrogen (secondary N) is 1. The second-order valence-electron chi connectivity index (χ2n) is 6.65. The molecule has 1 heterocycles. The first-order valence-corrected chi connectivity index (χ1v) is 7.83. The van der Waals surface area contributed by atoms with E-state index in [0.717, 1.165) is 19.5 Å². The van der Waals surface area contributed by atoms with Crippen LogP contribution in [0, 0.1) is 0 Å². The van der Waals surface area contributed by atoms with Crippen LogP contribution in [0.5, 0.6) is 0 Å². The average Bonchev–Trinajstić information content (AvgIpc) is 2.73. The molecule has 0 unspecified atom stereocenters. The van der Waals surface area contributed by atoms with Crippen molar-refractivity contribution >= 4 is 10.9 Å². The van der Waals surface area contributed by atoms with Gasteiger partial charge in [0.05, 0.1) is 0 Å². The lowest BCUT2D eigenvalue weighted by molar-refractivity contribution is 0.422. The van der Waals surface area contributed by atoms with Gasteiger partial charge in [-0.1, -0.05) is 25.1 Å². The molecule has 20 heavy (non-hydrogen) atoms. The minimum Gasteiger partial charge on any atom is -0.347 e. The molecule has 0 fully saturated rings. The maximum absolute atomic E-state index is 3.57. The summed E-state index contributed by atoms with van der Waals surface area (Å²) in [5.41, 5.74) is 3.09. The van der Waals surface area contributed by atoms with E-state index in [1.165, 1.54) is 29.3 Å². The largest absolute Gasteiger partial charge is 0.347 e. The van der Waals surface area contributed by atoms with Crippen LogP contribution in [-0.4, -0.2) is 16.7 Å². The molecule has 2 nitrogen and oxygen atoms in total. The SMILES string of the molecule is CCCn1cc(CCCNC(C)(C)C)c2ccccc21. The van der Waals surface area contributed by atoms with Gasteiger partial charge in [0.2, 0.25) is 0 Å². The maximum Gasteiger partial charge on any atom is 0.0483 e. The van der Waals surface area contributed by atoms with E-state index < -0.39 is 0 Å². The molecule has 2 rings (SSSR count). The number of benzene rings is 1. The Morgan fingerprint density at radius 1 is 1.15 bits per heavy atom. The molecule has 0 aliphatic heterocycles. The van der Waals surface area contributed by atoms with Crippen molar-refractivity contribution in [3.05, 3.63) is 36.0 Å². The highest BCUT2D eigenvalue weighted by molar-refractivity contribution is 5.83. The standard InChI is InChI=1S/C18H28N2/c1-5-13-20-14-15(9-8-12-19-18(2,3)4)16-10-6-7-11-17(16)20/h6-7,10-11,14,19H,5,8-9,12-13H2,1-4H3. The van der Waals surface area contributed by atoms with E-state index >= 15 is 0 Å². The minimum atomic E-state index is 0.218. The van der Waals surface area contributed by atoms with Crippen molar-refractivity contribution in [1.82, 2.24) is 9.88 Å². The van der Waals surface area contributed by atoms with Gasteiger partial charge >= 0.3 is 0 Å². The van der Waals surface area contributed by atoms with E-state index in [-0.39, 0.29) is 5.54 Å². The summed E-state index contributed by atoms with van der Waals surface area (Å²) in [4.78, 5) is 0. The fourth-order valence-electron chi connectivity index (χ4n) is 2.69. The summed E-state index contributed by atoms with van der Waals surface area (Å²) in [6.07, 6.45) is 5.88. The Bertz CT molecular complexity index is 546. The van der Waals surface area contributed by atoms with Crippen LogP contribution in [0.1, 0.15) is 46.1 Å². The first kappa shape index (κ1) is 15.1. The van der Waals surface area contributed by atoms with Gasteiger partial charge in [-0.2, -0.15) is 0 Å². The molecule has 0 aliphatic carbocycles. The van der Waals surface area contributed by atoms with Crippen molar-refractivity contribution in [2.75, 3.05) is 6.54 Å². The molecule has 110 valence electrons. The summed E-state index contributed by atoms with van der Waals surface area (Å²) < 4.78 is 2.40. The molecule has 0 atom stereocenters. The molecule has 1 N–H and O–H groups in total. The average molecular weight is 272 g/mol. The molecule has 1 aromatic heterocycles. The summed E-state index contributed by atoms with van der Waals surface area (Å²) in [6, 6.07) is 8.78. The van der Waals surface area contributed by atoms with Crippen molar-refractivity contribution in [2.45, 2.75) is 59.0 Å².